The highest BCUT2D eigenvalue weighted by Gasteiger charge is 2.23. The van der Waals surface area contributed by atoms with Crippen LogP contribution in [0.5, 0.6) is 5.75 Å². The van der Waals surface area contributed by atoms with Crippen molar-refractivity contribution in [3.63, 3.8) is 0 Å². The first-order chi connectivity index (χ1) is 21.1. The number of aromatic nitrogens is 2. The minimum Gasteiger partial charge on any atom is -0.489 e. The van der Waals surface area contributed by atoms with Crippen molar-refractivity contribution in [1.29, 1.82) is 0 Å². The molecule has 43 heavy (non-hydrogen) atoms. The lowest BCUT2D eigenvalue weighted by Crippen LogP contribution is -2.25. The zero-order chi connectivity index (χ0) is 29.4. The van der Waals surface area contributed by atoms with Gasteiger partial charge in [0.1, 0.15) is 18.2 Å². The Labute approximate surface area is 250 Å². The zero-order valence-electron chi connectivity index (χ0n) is 23.7. The fourth-order valence-corrected chi connectivity index (χ4v) is 5.37. The van der Waals surface area contributed by atoms with E-state index in [0.29, 0.717) is 19.7 Å². The number of halogens is 1. The van der Waals surface area contributed by atoms with Crippen LogP contribution in [0.4, 0.5) is 4.39 Å². The molecular formula is C37H32FN3O2. The number of nitrogens with one attached hydrogen (secondary N) is 1. The third-order valence-corrected chi connectivity index (χ3v) is 7.62. The highest BCUT2D eigenvalue weighted by Crippen LogP contribution is 2.36. The van der Waals surface area contributed by atoms with Gasteiger partial charge in [-0.3, -0.25) is 9.78 Å². The quantitative estimate of drug-likeness (QED) is 0.174. The highest BCUT2D eigenvalue weighted by molar-refractivity contribution is 5.87. The Morgan fingerprint density at radius 3 is 2.28 bits per heavy atom. The van der Waals surface area contributed by atoms with Gasteiger partial charge in [-0.1, -0.05) is 72.8 Å². The van der Waals surface area contributed by atoms with E-state index in [1.807, 2.05) is 91.0 Å². The number of amides is 1. The second kappa shape index (κ2) is 13.2. The van der Waals surface area contributed by atoms with Gasteiger partial charge in [0.25, 0.3) is 0 Å². The summed E-state index contributed by atoms with van der Waals surface area (Å²) in [5.74, 6) is 0.282. The third kappa shape index (κ3) is 6.99. The molecule has 2 aromatic heterocycles. The second-order valence-electron chi connectivity index (χ2n) is 10.6. The van der Waals surface area contributed by atoms with Crippen molar-refractivity contribution in [2.45, 2.75) is 32.0 Å². The minimum atomic E-state index is -0.254. The Morgan fingerprint density at radius 2 is 1.51 bits per heavy atom. The summed E-state index contributed by atoms with van der Waals surface area (Å²) in [6.45, 7) is 1.51. The van der Waals surface area contributed by atoms with E-state index in [1.165, 1.54) is 12.1 Å². The molecule has 1 N–H and O–H groups in total. The Morgan fingerprint density at radius 1 is 0.791 bits per heavy atom. The summed E-state index contributed by atoms with van der Waals surface area (Å²) in [4.78, 5) is 17.4. The molecule has 0 aliphatic rings. The number of rotatable bonds is 11. The average Bonchev–Trinajstić information content (AvgIpc) is 3.42. The molecule has 1 amide bonds. The van der Waals surface area contributed by atoms with Gasteiger partial charge in [0.15, 0.2) is 0 Å². The second-order valence-corrected chi connectivity index (χ2v) is 10.6. The van der Waals surface area contributed by atoms with Crippen molar-refractivity contribution in [1.82, 2.24) is 14.9 Å². The number of pyridine rings is 1. The van der Waals surface area contributed by atoms with Crippen molar-refractivity contribution < 1.29 is 13.9 Å². The molecule has 0 saturated carbocycles. The van der Waals surface area contributed by atoms with Crippen LogP contribution in [0.2, 0.25) is 0 Å². The summed E-state index contributed by atoms with van der Waals surface area (Å²) < 4.78 is 21.8. The minimum absolute atomic E-state index is 0.0402. The van der Waals surface area contributed by atoms with E-state index in [9.17, 15) is 9.18 Å². The van der Waals surface area contributed by atoms with Gasteiger partial charge in [0, 0.05) is 54.9 Å². The normalized spacial score (nSPS) is 11.7. The number of carbonyl (C=O) groups is 1. The zero-order valence-corrected chi connectivity index (χ0v) is 23.7. The Bertz CT molecular complexity index is 1780. The molecule has 0 radical (unpaired) electrons. The molecule has 0 aliphatic carbocycles. The van der Waals surface area contributed by atoms with Gasteiger partial charge in [-0.2, -0.15) is 0 Å². The molecule has 0 fully saturated rings. The van der Waals surface area contributed by atoms with E-state index in [0.717, 1.165) is 44.5 Å². The van der Waals surface area contributed by atoms with Crippen LogP contribution < -0.4 is 10.1 Å². The standard InChI is InChI=1S/C37H32FN3O2/c38-31-14-10-28(11-15-31)24-41-25-35(33-8-4-5-9-36(33)41)34(22-37(42)40-23-27-18-20-39-21-19-27)30-12-16-32(17-13-30)43-26-29-6-2-1-3-7-29/h1-21,25,34H,22-24,26H2,(H,40,42)/t34-/m0/s1. The smallest absolute Gasteiger partial charge is 0.221 e. The largest absolute Gasteiger partial charge is 0.489 e. The molecule has 0 spiro atoms. The number of ether oxygens (including phenoxy) is 1. The molecule has 4 aromatic carbocycles. The molecule has 5 nitrogen and oxygen atoms in total. The SMILES string of the molecule is O=C(C[C@@H](c1ccc(OCc2ccccc2)cc1)c1cn(Cc2ccc(F)cc2)c2ccccc12)NCc1ccncc1. The van der Waals surface area contributed by atoms with Crippen molar-refractivity contribution >= 4 is 16.8 Å². The van der Waals surface area contributed by atoms with Crippen LogP contribution in [0.15, 0.2) is 134 Å². The predicted octanol–water partition coefficient (Wildman–Crippen LogP) is 7.64. The fraction of sp³-hybridized carbons (Fsp3) is 0.135. The number of hydrogen-bond donors (Lipinski definition) is 1. The van der Waals surface area contributed by atoms with E-state index < -0.39 is 0 Å². The first-order valence-corrected chi connectivity index (χ1v) is 14.4. The van der Waals surface area contributed by atoms with Gasteiger partial charge >= 0.3 is 0 Å². The van der Waals surface area contributed by atoms with E-state index in [-0.39, 0.29) is 24.1 Å². The lowest BCUT2D eigenvalue weighted by atomic mass is 9.88. The topological polar surface area (TPSA) is 56.1 Å². The first kappa shape index (κ1) is 27.9. The Balaban J connectivity index is 1.30. The van der Waals surface area contributed by atoms with Crippen molar-refractivity contribution in [3.05, 3.63) is 167 Å². The Hall–Kier alpha value is -5.23. The van der Waals surface area contributed by atoms with Crippen LogP contribution in [0, 0.1) is 5.82 Å². The number of benzene rings is 4. The number of carbonyl (C=O) groups excluding carboxylic acids is 1. The molecule has 1 atom stereocenters. The van der Waals surface area contributed by atoms with Gasteiger partial charge in [0.2, 0.25) is 5.91 Å². The van der Waals surface area contributed by atoms with E-state index in [1.54, 1.807) is 12.4 Å². The van der Waals surface area contributed by atoms with Crippen LogP contribution in [0.25, 0.3) is 10.9 Å². The molecule has 214 valence electrons. The molecular weight excluding hydrogens is 537 g/mol. The van der Waals surface area contributed by atoms with Gasteiger partial charge in [-0.25, -0.2) is 4.39 Å². The predicted molar refractivity (Wildman–Crippen MR) is 167 cm³/mol. The lowest BCUT2D eigenvalue weighted by Gasteiger charge is -2.18. The number of para-hydroxylation sites is 1. The number of nitrogens with zero attached hydrogens (tertiary/aromatic N) is 2. The average molecular weight is 570 g/mol. The van der Waals surface area contributed by atoms with E-state index >= 15 is 0 Å². The summed E-state index contributed by atoms with van der Waals surface area (Å²) in [5.41, 5.74) is 6.25. The summed E-state index contributed by atoms with van der Waals surface area (Å²) in [6.07, 6.45) is 5.86. The summed E-state index contributed by atoms with van der Waals surface area (Å²) in [7, 11) is 0. The summed E-state index contributed by atoms with van der Waals surface area (Å²) in [5, 5.41) is 4.17. The van der Waals surface area contributed by atoms with Crippen LogP contribution >= 0.6 is 0 Å². The molecule has 2 heterocycles. The Kier molecular flexibility index (Phi) is 8.55. The maximum absolute atomic E-state index is 13.6. The molecule has 0 unspecified atom stereocenters. The van der Waals surface area contributed by atoms with Crippen molar-refractivity contribution in [2.75, 3.05) is 0 Å². The van der Waals surface area contributed by atoms with Gasteiger partial charge in [-0.15, -0.1) is 0 Å². The maximum atomic E-state index is 13.6. The van der Waals surface area contributed by atoms with E-state index in [4.69, 9.17) is 4.74 Å². The molecule has 6 heteroatoms. The first-order valence-electron chi connectivity index (χ1n) is 14.4. The van der Waals surface area contributed by atoms with Crippen LogP contribution in [0.3, 0.4) is 0 Å². The summed E-state index contributed by atoms with van der Waals surface area (Å²) in [6, 6.07) is 36.7. The van der Waals surface area contributed by atoms with Gasteiger partial charge in [-0.05, 0) is 70.3 Å². The van der Waals surface area contributed by atoms with Crippen LogP contribution in [-0.4, -0.2) is 15.5 Å². The van der Waals surface area contributed by atoms with Gasteiger partial charge in [0.05, 0.1) is 0 Å². The van der Waals surface area contributed by atoms with Crippen LogP contribution in [-0.2, 0) is 24.5 Å². The van der Waals surface area contributed by atoms with Crippen molar-refractivity contribution in [2.24, 2.45) is 0 Å². The molecule has 0 bridgehead atoms. The molecule has 6 rings (SSSR count). The van der Waals surface area contributed by atoms with Gasteiger partial charge < -0.3 is 14.6 Å². The maximum Gasteiger partial charge on any atom is 0.221 e. The third-order valence-electron chi connectivity index (χ3n) is 7.62. The monoisotopic (exact) mass is 569 g/mol. The van der Waals surface area contributed by atoms with E-state index in [2.05, 4.69) is 33.2 Å². The van der Waals surface area contributed by atoms with Crippen molar-refractivity contribution in [3.8, 4) is 5.75 Å². The molecule has 0 saturated heterocycles. The number of hydrogen-bond acceptors (Lipinski definition) is 3. The fourth-order valence-electron chi connectivity index (χ4n) is 5.37. The lowest BCUT2D eigenvalue weighted by molar-refractivity contribution is -0.121. The summed E-state index contributed by atoms with van der Waals surface area (Å²) >= 11 is 0. The van der Waals surface area contributed by atoms with Crippen LogP contribution in [0.1, 0.15) is 40.2 Å². The number of fused-ring (bicyclic) bond motifs is 1. The molecule has 0 aliphatic heterocycles. The highest BCUT2D eigenvalue weighted by atomic mass is 19.1. The molecule has 6 aromatic rings.